The maximum atomic E-state index is 11.6. The number of aryl methyl sites for hydroxylation is 1. The molecule has 0 amide bonds. The number of ether oxygens (including phenoxy) is 1. The second-order valence-corrected chi connectivity index (χ2v) is 5.06. The molecule has 0 saturated heterocycles. The van der Waals surface area contributed by atoms with Crippen LogP contribution < -0.4 is 0 Å². The number of hydrogen-bond donors (Lipinski definition) is 0. The highest BCUT2D eigenvalue weighted by Gasteiger charge is 2.11. The van der Waals surface area contributed by atoms with Crippen molar-refractivity contribution in [2.45, 2.75) is 20.4 Å². The molecule has 19 heavy (non-hydrogen) atoms. The summed E-state index contributed by atoms with van der Waals surface area (Å²) in [5.41, 5.74) is 2.81. The van der Waals surface area contributed by atoms with Gasteiger partial charge in [-0.05, 0) is 37.6 Å². The van der Waals surface area contributed by atoms with Gasteiger partial charge in [-0.2, -0.15) is 5.10 Å². The molecule has 5 heteroatoms. The van der Waals surface area contributed by atoms with Gasteiger partial charge in [0, 0.05) is 4.47 Å². The van der Waals surface area contributed by atoms with Gasteiger partial charge >= 0.3 is 5.97 Å². The van der Waals surface area contributed by atoms with Gasteiger partial charge in [0.05, 0.1) is 18.0 Å². The first kappa shape index (κ1) is 13.8. The summed E-state index contributed by atoms with van der Waals surface area (Å²) in [4.78, 5) is 11.6. The molecular formula is C14H15BrN2O2. The lowest BCUT2D eigenvalue weighted by atomic mass is 10.1. The number of benzene rings is 1. The molecule has 0 aliphatic heterocycles. The van der Waals surface area contributed by atoms with Crippen molar-refractivity contribution in [2.24, 2.45) is 0 Å². The normalized spacial score (nSPS) is 10.5. The number of aromatic nitrogens is 2. The molecule has 0 N–H and O–H groups in total. The van der Waals surface area contributed by atoms with Crippen LogP contribution in [0.15, 0.2) is 34.8 Å². The van der Waals surface area contributed by atoms with Gasteiger partial charge in [-0.1, -0.05) is 28.1 Å². The maximum Gasteiger partial charge on any atom is 0.327 e. The van der Waals surface area contributed by atoms with Gasteiger partial charge in [-0.3, -0.25) is 9.48 Å². The van der Waals surface area contributed by atoms with Crippen LogP contribution in [-0.4, -0.2) is 22.4 Å². The zero-order valence-corrected chi connectivity index (χ0v) is 12.5. The summed E-state index contributed by atoms with van der Waals surface area (Å²) in [5.74, 6) is -0.274. The van der Waals surface area contributed by atoms with Crippen molar-refractivity contribution in [3.8, 4) is 11.3 Å². The van der Waals surface area contributed by atoms with Crippen LogP contribution >= 0.6 is 15.9 Å². The van der Waals surface area contributed by atoms with E-state index in [1.165, 1.54) is 0 Å². The van der Waals surface area contributed by atoms with Gasteiger partial charge in [-0.25, -0.2) is 0 Å². The fraction of sp³-hybridized carbons (Fsp3) is 0.286. The summed E-state index contributed by atoms with van der Waals surface area (Å²) < 4.78 is 7.65. The second kappa shape index (κ2) is 6.02. The molecule has 2 aromatic rings. The van der Waals surface area contributed by atoms with E-state index < -0.39 is 0 Å². The molecule has 0 atom stereocenters. The minimum atomic E-state index is -0.274. The van der Waals surface area contributed by atoms with Crippen molar-refractivity contribution >= 4 is 21.9 Å². The highest BCUT2D eigenvalue weighted by atomic mass is 79.9. The number of halogens is 1. The number of hydrogen-bond acceptors (Lipinski definition) is 3. The zero-order chi connectivity index (χ0) is 13.8. The fourth-order valence-corrected chi connectivity index (χ4v) is 2.11. The average molecular weight is 323 g/mol. The van der Waals surface area contributed by atoms with E-state index in [0.717, 1.165) is 21.4 Å². The van der Waals surface area contributed by atoms with E-state index in [-0.39, 0.29) is 12.5 Å². The van der Waals surface area contributed by atoms with Crippen LogP contribution in [0, 0.1) is 6.92 Å². The van der Waals surface area contributed by atoms with Crippen molar-refractivity contribution < 1.29 is 9.53 Å². The summed E-state index contributed by atoms with van der Waals surface area (Å²) in [6.45, 7) is 4.21. The minimum Gasteiger partial charge on any atom is -0.465 e. The Labute approximate surface area is 120 Å². The molecule has 1 heterocycles. The van der Waals surface area contributed by atoms with Crippen LogP contribution in [0.25, 0.3) is 11.3 Å². The molecule has 1 aromatic heterocycles. The molecule has 1 aromatic carbocycles. The third kappa shape index (κ3) is 3.44. The standard InChI is InChI=1S/C14H15BrN2O2/c1-3-19-14(18)9-17-13(8-10(2)16-17)11-4-6-12(15)7-5-11/h4-8H,3,9H2,1-2H3. The Kier molecular flexibility index (Phi) is 4.37. The molecule has 0 saturated carbocycles. The van der Waals surface area contributed by atoms with Crippen molar-refractivity contribution in [1.29, 1.82) is 0 Å². The molecule has 0 aliphatic carbocycles. The molecule has 100 valence electrons. The molecule has 2 rings (SSSR count). The molecule has 0 aliphatic rings. The first-order chi connectivity index (χ1) is 9.10. The Morgan fingerprint density at radius 3 is 2.68 bits per heavy atom. The molecular weight excluding hydrogens is 308 g/mol. The number of carbonyl (C=O) groups is 1. The number of rotatable bonds is 4. The van der Waals surface area contributed by atoms with Gasteiger partial charge in [0.25, 0.3) is 0 Å². The van der Waals surface area contributed by atoms with Crippen LogP contribution in [0.5, 0.6) is 0 Å². The number of carbonyl (C=O) groups excluding carboxylic acids is 1. The Hall–Kier alpha value is -1.62. The van der Waals surface area contributed by atoms with Crippen molar-refractivity contribution in [2.75, 3.05) is 6.61 Å². The lowest BCUT2D eigenvalue weighted by molar-refractivity contribution is -0.144. The van der Waals surface area contributed by atoms with Crippen LogP contribution in [-0.2, 0) is 16.1 Å². The zero-order valence-electron chi connectivity index (χ0n) is 10.9. The van der Waals surface area contributed by atoms with Crippen molar-refractivity contribution in [1.82, 2.24) is 9.78 Å². The topological polar surface area (TPSA) is 44.1 Å². The van der Waals surface area contributed by atoms with Gasteiger partial charge in [0.15, 0.2) is 0 Å². The number of esters is 1. The summed E-state index contributed by atoms with van der Waals surface area (Å²) >= 11 is 3.41. The molecule has 0 bridgehead atoms. The first-order valence-corrected chi connectivity index (χ1v) is 6.85. The summed E-state index contributed by atoms with van der Waals surface area (Å²) in [5, 5.41) is 4.34. The van der Waals surface area contributed by atoms with Gasteiger partial charge in [0.2, 0.25) is 0 Å². The van der Waals surface area contributed by atoms with Gasteiger partial charge < -0.3 is 4.74 Å². The first-order valence-electron chi connectivity index (χ1n) is 6.06. The monoisotopic (exact) mass is 322 g/mol. The Morgan fingerprint density at radius 1 is 1.37 bits per heavy atom. The van der Waals surface area contributed by atoms with E-state index in [0.29, 0.717) is 6.61 Å². The quantitative estimate of drug-likeness (QED) is 0.812. The van der Waals surface area contributed by atoms with E-state index >= 15 is 0 Å². The van der Waals surface area contributed by atoms with E-state index in [2.05, 4.69) is 21.0 Å². The van der Waals surface area contributed by atoms with Crippen LogP contribution in [0.4, 0.5) is 0 Å². The van der Waals surface area contributed by atoms with E-state index in [4.69, 9.17) is 4.74 Å². The highest BCUT2D eigenvalue weighted by molar-refractivity contribution is 9.10. The SMILES string of the molecule is CCOC(=O)Cn1nc(C)cc1-c1ccc(Br)cc1. The molecule has 0 radical (unpaired) electrons. The second-order valence-electron chi connectivity index (χ2n) is 4.14. The highest BCUT2D eigenvalue weighted by Crippen LogP contribution is 2.22. The lowest BCUT2D eigenvalue weighted by Gasteiger charge is -2.07. The van der Waals surface area contributed by atoms with Crippen LogP contribution in [0.1, 0.15) is 12.6 Å². The molecule has 4 nitrogen and oxygen atoms in total. The summed E-state index contributed by atoms with van der Waals surface area (Å²) in [6.07, 6.45) is 0. The minimum absolute atomic E-state index is 0.132. The van der Waals surface area contributed by atoms with E-state index in [1.807, 2.05) is 37.3 Å². The summed E-state index contributed by atoms with van der Waals surface area (Å²) in [7, 11) is 0. The third-order valence-electron chi connectivity index (χ3n) is 2.63. The van der Waals surface area contributed by atoms with Crippen LogP contribution in [0.2, 0.25) is 0 Å². The maximum absolute atomic E-state index is 11.6. The van der Waals surface area contributed by atoms with E-state index in [9.17, 15) is 4.79 Å². The van der Waals surface area contributed by atoms with Gasteiger partial charge in [-0.15, -0.1) is 0 Å². The average Bonchev–Trinajstić information content (AvgIpc) is 2.71. The largest absolute Gasteiger partial charge is 0.465 e. The lowest BCUT2D eigenvalue weighted by Crippen LogP contribution is -2.15. The Balaban J connectivity index is 2.30. The predicted molar refractivity (Wildman–Crippen MR) is 76.7 cm³/mol. The van der Waals surface area contributed by atoms with Crippen molar-refractivity contribution in [3.05, 3.63) is 40.5 Å². The molecule has 0 fully saturated rings. The number of nitrogens with zero attached hydrogens (tertiary/aromatic N) is 2. The van der Waals surface area contributed by atoms with Crippen LogP contribution in [0.3, 0.4) is 0 Å². The Morgan fingerprint density at radius 2 is 2.05 bits per heavy atom. The fourth-order valence-electron chi connectivity index (χ4n) is 1.85. The summed E-state index contributed by atoms with van der Waals surface area (Å²) in [6, 6.07) is 9.87. The molecule has 0 spiro atoms. The Bertz CT molecular complexity index is 576. The predicted octanol–water partition coefficient (Wildman–Crippen LogP) is 3.18. The van der Waals surface area contributed by atoms with Gasteiger partial charge in [0.1, 0.15) is 6.54 Å². The third-order valence-corrected chi connectivity index (χ3v) is 3.15. The van der Waals surface area contributed by atoms with Crippen molar-refractivity contribution in [3.63, 3.8) is 0 Å². The van der Waals surface area contributed by atoms with E-state index in [1.54, 1.807) is 11.6 Å². The smallest absolute Gasteiger partial charge is 0.327 e. The molecule has 0 unspecified atom stereocenters.